The van der Waals surface area contributed by atoms with Crippen LogP contribution in [0.5, 0.6) is 0 Å². The molecule has 0 amide bonds. The predicted molar refractivity (Wildman–Crippen MR) is 57.6 cm³/mol. The standard InChI is InChI=1S/C11H10BrFO/c1-7(2)11(14)5-8-3-4-9(13)6-10(8)12/h3-4,6H,1,5H2,2H3. The first-order valence-electron chi connectivity index (χ1n) is 4.13. The lowest BCUT2D eigenvalue weighted by molar-refractivity contribution is -0.114. The quantitative estimate of drug-likeness (QED) is 0.759. The largest absolute Gasteiger partial charge is 0.294 e. The van der Waals surface area contributed by atoms with Crippen LogP contribution < -0.4 is 0 Å². The maximum absolute atomic E-state index is 12.7. The van der Waals surface area contributed by atoms with Crippen molar-refractivity contribution in [2.75, 3.05) is 0 Å². The first kappa shape index (κ1) is 11.1. The molecule has 0 bridgehead atoms. The number of rotatable bonds is 3. The van der Waals surface area contributed by atoms with Crippen LogP contribution >= 0.6 is 15.9 Å². The van der Waals surface area contributed by atoms with Gasteiger partial charge in [-0.15, -0.1) is 0 Å². The Labute approximate surface area is 90.8 Å². The maximum atomic E-state index is 12.7. The number of ketones is 1. The molecule has 0 saturated carbocycles. The molecular formula is C11H10BrFO. The van der Waals surface area contributed by atoms with Gasteiger partial charge in [-0.05, 0) is 30.2 Å². The number of halogens is 2. The summed E-state index contributed by atoms with van der Waals surface area (Å²) in [7, 11) is 0. The molecule has 0 saturated heterocycles. The molecule has 0 atom stereocenters. The molecule has 1 aromatic rings. The number of hydrogen-bond donors (Lipinski definition) is 0. The third-order valence-corrected chi connectivity index (χ3v) is 2.58. The van der Waals surface area contributed by atoms with Gasteiger partial charge in [-0.2, -0.15) is 0 Å². The van der Waals surface area contributed by atoms with Crippen molar-refractivity contribution in [1.82, 2.24) is 0 Å². The molecular weight excluding hydrogens is 247 g/mol. The minimum absolute atomic E-state index is 0.0303. The SMILES string of the molecule is C=C(C)C(=O)Cc1ccc(F)cc1Br. The van der Waals surface area contributed by atoms with E-state index in [-0.39, 0.29) is 18.0 Å². The molecule has 0 aromatic heterocycles. The van der Waals surface area contributed by atoms with E-state index in [1.165, 1.54) is 12.1 Å². The van der Waals surface area contributed by atoms with Gasteiger partial charge in [-0.3, -0.25) is 4.79 Å². The second-order valence-electron chi connectivity index (χ2n) is 3.12. The predicted octanol–water partition coefficient (Wildman–Crippen LogP) is 3.28. The van der Waals surface area contributed by atoms with Crippen molar-refractivity contribution in [3.8, 4) is 0 Å². The fourth-order valence-electron chi connectivity index (χ4n) is 0.989. The maximum Gasteiger partial charge on any atom is 0.162 e. The Bertz CT molecular complexity index is 385. The molecule has 0 radical (unpaired) electrons. The summed E-state index contributed by atoms with van der Waals surface area (Å²) < 4.78 is 13.3. The number of benzene rings is 1. The zero-order chi connectivity index (χ0) is 10.7. The Kier molecular flexibility index (Phi) is 3.58. The monoisotopic (exact) mass is 256 g/mol. The Morgan fingerprint density at radius 2 is 2.21 bits per heavy atom. The highest BCUT2D eigenvalue weighted by atomic mass is 79.9. The third kappa shape index (κ3) is 2.77. The number of Topliss-reactive ketones (excluding diaryl/α,β-unsaturated/α-hetero) is 1. The van der Waals surface area contributed by atoms with Crippen LogP contribution in [0.2, 0.25) is 0 Å². The van der Waals surface area contributed by atoms with Crippen molar-refractivity contribution in [3.63, 3.8) is 0 Å². The second kappa shape index (κ2) is 4.51. The smallest absolute Gasteiger partial charge is 0.162 e. The van der Waals surface area contributed by atoms with Crippen LogP contribution in [0, 0.1) is 5.82 Å². The molecule has 0 aliphatic heterocycles. The van der Waals surface area contributed by atoms with Crippen molar-refractivity contribution in [2.45, 2.75) is 13.3 Å². The van der Waals surface area contributed by atoms with Crippen molar-refractivity contribution in [1.29, 1.82) is 0 Å². The van der Waals surface area contributed by atoms with Crippen LogP contribution in [-0.2, 0) is 11.2 Å². The molecule has 1 aromatic carbocycles. The van der Waals surface area contributed by atoms with Crippen LogP contribution in [0.1, 0.15) is 12.5 Å². The molecule has 0 aliphatic carbocycles. The topological polar surface area (TPSA) is 17.1 Å². The van der Waals surface area contributed by atoms with E-state index in [1.54, 1.807) is 13.0 Å². The molecule has 1 rings (SSSR count). The van der Waals surface area contributed by atoms with Gasteiger partial charge in [0.15, 0.2) is 5.78 Å². The van der Waals surface area contributed by atoms with E-state index in [4.69, 9.17) is 0 Å². The highest BCUT2D eigenvalue weighted by Gasteiger charge is 2.07. The van der Waals surface area contributed by atoms with Gasteiger partial charge in [-0.25, -0.2) is 4.39 Å². The summed E-state index contributed by atoms with van der Waals surface area (Å²) in [5, 5.41) is 0. The summed E-state index contributed by atoms with van der Waals surface area (Å²) in [5.74, 6) is -0.347. The van der Waals surface area contributed by atoms with E-state index in [0.717, 1.165) is 5.56 Å². The Hall–Kier alpha value is -0.960. The molecule has 0 aliphatic rings. The van der Waals surface area contributed by atoms with Crippen molar-refractivity contribution in [2.24, 2.45) is 0 Å². The lowest BCUT2D eigenvalue weighted by Crippen LogP contribution is -2.03. The van der Waals surface area contributed by atoms with E-state index in [1.807, 2.05) is 0 Å². The Morgan fingerprint density at radius 3 is 2.71 bits per heavy atom. The summed E-state index contributed by atoms with van der Waals surface area (Å²) in [5.41, 5.74) is 1.29. The van der Waals surface area contributed by atoms with E-state index in [0.29, 0.717) is 10.0 Å². The van der Waals surface area contributed by atoms with Crippen molar-refractivity contribution >= 4 is 21.7 Å². The van der Waals surface area contributed by atoms with Gasteiger partial charge in [0.25, 0.3) is 0 Å². The van der Waals surface area contributed by atoms with E-state index in [2.05, 4.69) is 22.5 Å². The number of carbonyl (C=O) groups is 1. The average molecular weight is 257 g/mol. The van der Waals surface area contributed by atoms with Crippen molar-refractivity contribution in [3.05, 3.63) is 46.2 Å². The van der Waals surface area contributed by atoms with Gasteiger partial charge >= 0.3 is 0 Å². The normalized spacial score (nSPS) is 9.93. The molecule has 1 nitrogen and oxygen atoms in total. The summed E-state index contributed by atoms with van der Waals surface area (Å²) in [4.78, 5) is 11.3. The third-order valence-electron chi connectivity index (χ3n) is 1.84. The number of carbonyl (C=O) groups excluding carboxylic acids is 1. The number of hydrogen-bond acceptors (Lipinski definition) is 1. The zero-order valence-electron chi connectivity index (χ0n) is 7.81. The summed E-state index contributed by atoms with van der Waals surface area (Å²) >= 11 is 3.20. The highest BCUT2D eigenvalue weighted by Crippen LogP contribution is 2.19. The molecule has 3 heteroatoms. The molecule has 0 unspecified atom stereocenters. The molecule has 14 heavy (non-hydrogen) atoms. The van der Waals surface area contributed by atoms with Crippen LogP contribution in [0.3, 0.4) is 0 Å². The average Bonchev–Trinajstić information content (AvgIpc) is 2.09. The van der Waals surface area contributed by atoms with Gasteiger partial charge < -0.3 is 0 Å². The van der Waals surface area contributed by atoms with Gasteiger partial charge in [-0.1, -0.05) is 28.6 Å². The van der Waals surface area contributed by atoms with Gasteiger partial charge in [0, 0.05) is 10.9 Å². The second-order valence-corrected chi connectivity index (χ2v) is 3.97. The molecule has 0 fully saturated rings. The molecule has 0 N–H and O–H groups in total. The Morgan fingerprint density at radius 1 is 1.57 bits per heavy atom. The van der Waals surface area contributed by atoms with Crippen LogP contribution in [0.25, 0.3) is 0 Å². The Balaban J connectivity index is 2.87. The molecule has 0 spiro atoms. The van der Waals surface area contributed by atoms with Gasteiger partial charge in [0.2, 0.25) is 0 Å². The van der Waals surface area contributed by atoms with Crippen molar-refractivity contribution < 1.29 is 9.18 Å². The fourth-order valence-corrected chi connectivity index (χ4v) is 1.48. The lowest BCUT2D eigenvalue weighted by Gasteiger charge is -2.03. The van der Waals surface area contributed by atoms with Crippen LogP contribution in [-0.4, -0.2) is 5.78 Å². The van der Waals surface area contributed by atoms with Crippen LogP contribution in [0.15, 0.2) is 34.8 Å². The minimum atomic E-state index is -0.316. The molecule has 74 valence electrons. The van der Waals surface area contributed by atoms with Crippen LogP contribution in [0.4, 0.5) is 4.39 Å². The summed E-state index contributed by atoms with van der Waals surface area (Å²) in [6.45, 7) is 5.23. The van der Waals surface area contributed by atoms with Gasteiger partial charge in [0.1, 0.15) is 5.82 Å². The fraction of sp³-hybridized carbons (Fsp3) is 0.182. The highest BCUT2D eigenvalue weighted by molar-refractivity contribution is 9.10. The first-order valence-corrected chi connectivity index (χ1v) is 4.92. The van der Waals surface area contributed by atoms with E-state index in [9.17, 15) is 9.18 Å². The zero-order valence-corrected chi connectivity index (χ0v) is 9.40. The first-order chi connectivity index (χ1) is 6.50. The minimum Gasteiger partial charge on any atom is -0.294 e. The number of allylic oxidation sites excluding steroid dienone is 1. The lowest BCUT2D eigenvalue weighted by atomic mass is 10.1. The van der Waals surface area contributed by atoms with E-state index < -0.39 is 0 Å². The molecule has 0 heterocycles. The van der Waals surface area contributed by atoms with E-state index >= 15 is 0 Å². The summed E-state index contributed by atoms with van der Waals surface area (Å²) in [6, 6.07) is 4.28. The summed E-state index contributed by atoms with van der Waals surface area (Å²) in [6.07, 6.45) is 0.260. The van der Waals surface area contributed by atoms with Gasteiger partial charge in [0.05, 0.1) is 0 Å².